The number of rotatable bonds is 4. The van der Waals surface area contributed by atoms with Crippen LogP contribution in [0.2, 0.25) is 0 Å². The zero-order valence-electron chi connectivity index (χ0n) is 12.0. The van der Waals surface area contributed by atoms with E-state index >= 15 is 0 Å². The molecule has 0 saturated heterocycles. The van der Waals surface area contributed by atoms with Gasteiger partial charge in [0, 0.05) is 13.2 Å². The molecule has 2 aromatic rings. The van der Waals surface area contributed by atoms with Crippen molar-refractivity contribution in [2.75, 3.05) is 0 Å². The Morgan fingerprint density at radius 2 is 2.10 bits per heavy atom. The van der Waals surface area contributed by atoms with Crippen LogP contribution in [0.5, 0.6) is 0 Å². The van der Waals surface area contributed by atoms with E-state index in [1.54, 1.807) is 11.7 Å². The van der Waals surface area contributed by atoms with Gasteiger partial charge in [-0.15, -0.1) is 0 Å². The molecule has 0 radical (unpaired) electrons. The average Bonchev–Trinajstić information content (AvgIpc) is 3.09. The molecule has 3 rings (SSSR count). The fraction of sp³-hybridized carbons (Fsp3) is 0.533. The second kappa shape index (κ2) is 5.23. The van der Waals surface area contributed by atoms with E-state index in [9.17, 15) is 4.79 Å². The number of hydrogen-bond donors (Lipinski definition) is 0. The van der Waals surface area contributed by atoms with E-state index in [0.29, 0.717) is 18.2 Å². The van der Waals surface area contributed by atoms with Gasteiger partial charge in [-0.2, -0.15) is 10.2 Å². The van der Waals surface area contributed by atoms with Gasteiger partial charge in [0.05, 0.1) is 23.9 Å². The normalized spacial score (nSPS) is 15.9. The first-order valence-corrected chi connectivity index (χ1v) is 7.21. The standard InChI is InChI=1S/C15H20N4O/c1-11-9-14(18(2)16-11)15(20)10-12-7-8-19(17-12)13-5-3-4-6-13/h7-9,13H,3-6,10H2,1-2H3. The monoisotopic (exact) mass is 272 g/mol. The largest absolute Gasteiger partial charge is 0.292 e. The van der Waals surface area contributed by atoms with Crippen molar-refractivity contribution in [1.82, 2.24) is 19.6 Å². The van der Waals surface area contributed by atoms with Gasteiger partial charge >= 0.3 is 0 Å². The number of aromatic nitrogens is 4. The number of hydrogen-bond acceptors (Lipinski definition) is 3. The Labute approximate surface area is 118 Å². The first-order valence-electron chi connectivity index (χ1n) is 7.21. The second-order valence-corrected chi connectivity index (χ2v) is 5.62. The molecular weight excluding hydrogens is 252 g/mol. The Balaban J connectivity index is 1.71. The summed E-state index contributed by atoms with van der Waals surface area (Å²) in [6.45, 7) is 1.89. The third-order valence-electron chi connectivity index (χ3n) is 3.99. The molecule has 0 spiro atoms. The fourth-order valence-electron chi connectivity index (χ4n) is 2.97. The molecule has 0 atom stereocenters. The molecule has 1 aliphatic carbocycles. The van der Waals surface area contributed by atoms with Crippen LogP contribution in [0.15, 0.2) is 18.3 Å². The lowest BCUT2D eigenvalue weighted by molar-refractivity contribution is 0.0982. The van der Waals surface area contributed by atoms with Crippen molar-refractivity contribution in [2.45, 2.75) is 45.1 Å². The van der Waals surface area contributed by atoms with E-state index in [1.807, 2.05) is 29.9 Å². The summed E-state index contributed by atoms with van der Waals surface area (Å²) in [6, 6.07) is 4.31. The van der Waals surface area contributed by atoms with Gasteiger partial charge in [0.2, 0.25) is 0 Å². The molecule has 1 aliphatic rings. The minimum absolute atomic E-state index is 0.0739. The Morgan fingerprint density at radius 3 is 2.75 bits per heavy atom. The highest BCUT2D eigenvalue weighted by molar-refractivity contribution is 5.95. The second-order valence-electron chi connectivity index (χ2n) is 5.62. The molecular formula is C15H20N4O. The van der Waals surface area contributed by atoms with Crippen molar-refractivity contribution < 1.29 is 4.79 Å². The van der Waals surface area contributed by atoms with Gasteiger partial charge in [-0.3, -0.25) is 14.2 Å². The number of ketones is 1. The quantitative estimate of drug-likeness (QED) is 0.803. The van der Waals surface area contributed by atoms with Crippen LogP contribution in [0.25, 0.3) is 0 Å². The van der Waals surface area contributed by atoms with Crippen LogP contribution in [0.1, 0.15) is 53.6 Å². The molecule has 0 bridgehead atoms. The minimum atomic E-state index is 0.0739. The zero-order chi connectivity index (χ0) is 14.1. The van der Waals surface area contributed by atoms with Crippen LogP contribution in [0.3, 0.4) is 0 Å². The molecule has 0 aliphatic heterocycles. The van der Waals surface area contributed by atoms with Gasteiger partial charge in [0.25, 0.3) is 0 Å². The van der Waals surface area contributed by atoms with E-state index in [0.717, 1.165) is 11.4 Å². The molecule has 2 heterocycles. The van der Waals surface area contributed by atoms with Gasteiger partial charge < -0.3 is 0 Å². The number of nitrogens with zero attached hydrogens (tertiary/aromatic N) is 4. The van der Waals surface area contributed by atoms with Crippen LogP contribution < -0.4 is 0 Å². The number of carbonyl (C=O) groups is 1. The molecule has 0 amide bonds. The van der Waals surface area contributed by atoms with Gasteiger partial charge in [0.15, 0.2) is 5.78 Å². The van der Waals surface area contributed by atoms with Crippen molar-refractivity contribution in [3.05, 3.63) is 35.4 Å². The maximum absolute atomic E-state index is 12.3. The third kappa shape index (κ3) is 2.53. The molecule has 2 aromatic heterocycles. The first kappa shape index (κ1) is 13.1. The van der Waals surface area contributed by atoms with E-state index in [2.05, 4.69) is 10.2 Å². The highest BCUT2D eigenvalue weighted by Crippen LogP contribution is 2.28. The summed E-state index contributed by atoms with van der Waals surface area (Å²) in [6.07, 6.45) is 7.33. The van der Waals surface area contributed by atoms with Crippen molar-refractivity contribution in [3.8, 4) is 0 Å². The van der Waals surface area contributed by atoms with E-state index in [1.165, 1.54) is 25.7 Å². The van der Waals surface area contributed by atoms with Crippen LogP contribution in [-0.2, 0) is 13.5 Å². The zero-order valence-corrected chi connectivity index (χ0v) is 12.0. The van der Waals surface area contributed by atoms with E-state index in [-0.39, 0.29) is 5.78 Å². The van der Waals surface area contributed by atoms with E-state index in [4.69, 9.17) is 0 Å². The molecule has 0 unspecified atom stereocenters. The molecule has 1 saturated carbocycles. The molecule has 0 N–H and O–H groups in total. The molecule has 20 heavy (non-hydrogen) atoms. The SMILES string of the molecule is Cc1cc(C(=O)Cc2ccn(C3CCCC3)n2)n(C)n1. The predicted molar refractivity (Wildman–Crippen MR) is 75.7 cm³/mol. The van der Waals surface area contributed by atoms with Crippen LogP contribution in [-0.4, -0.2) is 25.3 Å². The van der Waals surface area contributed by atoms with Crippen molar-refractivity contribution >= 4 is 5.78 Å². The number of carbonyl (C=O) groups excluding carboxylic acids is 1. The maximum atomic E-state index is 12.3. The Kier molecular flexibility index (Phi) is 3.42. The van der Waals surface area contributed by atoms with Crippen molar-refractivity contribution in [2.24, 2.45) is 7.05 Å². The highest BCUT2D eigenvalue weighted by Gasteiger charge is 2.19. The molecule has 5 nitrogen and oxygen atoms in total. The maximum Gasteiger partial charge on any atom is 0.186 e. The fourth-order valence-corrected chi connectivity index (χ4v) is 2.97. The van der Waals surface area contributed by atoms with Crippen LogP contribution in [0, 0.1) is 6.92 Å². The number of Topliss-reactive ketones (excluding diaryl/α,β-unsaturated/α-hetero) is 1. The third-order valence-corrected chi connectivity index (χ3v) is 3.99. The topological polar surface area (TPSA) is 52.7 Å². The Hall–Kier alpha value is -1.91. The lowest BCUT2D eigenvalue weighted by Gasteiger charge is -2.08. The van der Waals surface area contributed by atoms with Crippen molar-refractivity contribution in [3.63, 3.8) is 0 Å². The summed E-state index contributed by atoms with van der Waals surface area (Å²) in [5.74, 6) is 0.0739. The lowest BCUT2D eigenvalue weighted by atomic mass is 10.1. The van der Waals surface area contributed by atoms with Crippen molar-refractivity contribution in [1.29, 1.82) is 0 Å². The van der Waals surface area contributed by atoms with Gasteiger partial charge in [-0.1, -0.05) is 12.8 Å². The summed E-state index contributed by atoms with van der Waals surface area (Å²) in [5, 5.41) is 8.77. The predicted octanol–water partition coefficient (Wildman–Crippen LogP) is 2.47. The van der Waals surface area contributed by atoms with Gasteiger partial charge in [-0.05, 0) is 31.9 Å². The average molecular weight is 272 g/mol. The summed E-state index contributed by atoms with van der Waals surface area (Å²) >= 11 is 0. The highest BCUT2D eigenvalue weighted by atomic mass is 16.1. The first-order chi connectivity index (χ1) is 9.63. The van der Waals surface area contributed by atoms with Crippen LogP contribution in [0.4, 0.5) is 0 Å². The molecule has 0 aromatic carbocycles. The summed E-state index contributed by atoms with van der Waals surface area (Å²) < 4.78 is 3.68. The Morgan fingerprint density at radius 1 is 1.35 bits per heavy atom. The number of aryl methyl sites for hydroxylation is 2. The van der Waals surface area contributed by atoms with Gasteiger partial charge in [0.1, 0.15) is 5.69 Å². The Bertz CT molecular complexity index is 620. The van der Waals surface area contributed by atoms with Gasteiger partial charge in [-0.25, -0.2) is 0 Å². The molecule has 106 valence electrons. The summed E-state index contributed by atoms with van der Waals surface area (Å²) in [7, 11) is 1.80. The molecule has 1 fully saturated rings. The van der Waals surface area contributed by atoms with Crippen LogP contribution >= 0.6 is 0 Å². The van der Waals surface area contributed by atoms with E-state index < -0.39 is 0 Å². The minimum Gasteiger partial charge on any atom is -0.292 e. The lowest BCUT2D eigenvalue weighted by Crippen LogP contribution is -2.11. The molecule has 5 heteroatoms. The summed E-state index contributed by atoms with van der Waals surface area (Å²) in [4.78, 5) is 12.3. The summed E-state index contributed by atoms with van der Waals surface area (Å²) in [5.41, 5.74) is 2.37. The smallest absolute Gasteiger partial charge is 0.186 e.